The average molecular weight is 238 g/mol. The van der Waals surface area contributed by atoms with E-state index in [1.807, 2.05) is 0 Å². The fourth-order valence-electron chi connectivity index (χ4n) is 1.56. The lowest BCUT2D eigenvalue weighted by Gasteiger charge is -2.12. The molecule has 0 fully saturated rings. The molecule has 2 rings (SSSR count). The Morgan fingerprint density at radius 3 is 2.29 bits per heavy atom. The summed E-state index contributed by atoms with van der Waals surface area (Å²) in [5.74, 6) is 0.194. The largest absolute Gasteiger partial charge is 0.417 e. The minimum atomic E-state index is -4.40. The van der Waals surface area contributed by atoms with E-state index >= 15 is 0 Å². The van der Waals surface area contributed by atoms with Gasteiger partial charge >= 0.3 is 6.18 Å². The zero-order valence-electron chi connectivity index (χ0n) is 8.70. The molecule has 0 atom stereocenters. The number of alkyl halides is 3. The second-order valence-electron chi connectivity index (χ2n) is 3.49. The summed E-state index contributed by atoms with van der Waals surface area (Å²) >= 11 is 0. The summed E-state index contributed by atoms with van der Waals surface area (Å²) < 4.78 is 38.3. The van der Waals surface area contributed by atoms with Crippen LogP contribution in [0, 0.1) is 0 Å². The van der Waals surface area contributed by atoms with E-state index in [1.165, 1.54) is 30.3 Å². The number of nitrogen functional groups attached to an aromatic ring is 1. The van der Waals surface area contributed by atoms with Crippen molar-refractivity contribution < 1.29 is 13.2 Å². The molecule has 0 saturated carbocycles. The Labute approximate surface area is 95.9 Å². The molecule has 1 aromatic carbocycles. The number of nitrogens with zero attached hydrogens (tertiary/aromatic N) is 1. The Kier molecular flexibility index (Phi) is 2.75. The smallest absolute Gasteiger partial charge is 0.384 e. The van der Waals surface area contributed by atoms with Gasteiger partial charge in [-0.2, -0.15) is 13.2 Å². The molecule has 88 valence electrons. The molecule has 2 aromatic rings. The van der Waals surface area contributed by atoms with E-state index in [9.17, 15) is 13.2 Å². The van der Waals surface area contributed by atoms with Crippen LogP contribution in [0.2, 0.25) is 0 Å². The van der Waals surface area contributed by atoms with Crippen LogP contribution >= 0.6 is 0 Å². The third-order valence-corrected chi connectivity index (χ3v) is 2.28. The molecular formula is C12H9F3N2. The van der Waals surface area contributed by atoms with Crippen LogP contribution in [0.1, 0.15) is 5.56 Å². The van der Waals surface area contributed by atoms with Crippen molar-refractivity contribution in [3.63, 3.8) is 0 Å². The third kappa shape index (κ3) is 2.38. The minimum Gasteiger partial charge on any atom is -0.384 e. The summed E-state index contributed by atoms with van der Waals surface area (Å²) in [6.07, 6.45) is -4.40. The first kappa shape index (κ1) is 11.4. The van der Waals surface area contributed by atoms with Crippen LogP contribution in [0.25, 0.3) is 11.3 Å². The molecule has 0 saturated heterocycles. The van der Waals surface area contributed by atoms with Crippen LogP contribution in [0.3, 0.4) is 0 Å². The number of anilines is 1. The zero-order valence-corrected chi connectivity index (χ0v) is 8.70. The highest BCUT2D eigenvalue weighted by Crippen LogP contribution is 2.36. The van der Waals surface area contributed by atoms with Crippen molar-refractivity contribution >= 4 is 5.82 Å². The standard InChI is InChI=1S/C12H9F3N2/c13-12(14,15)9-5-2-1-4-8(9)10-6-3-7-11(16)17-10/h1-7H,(H2,16,17). The number of hydrogen-bond acceptors (Lipinski definition) is 2. The number of hydrogen-bond donors (Lipinski definition) is 1. The first-order valence-electron chi connectivity index (χ1n) is 4.87. The molecule has 0 unspecified atom stereocenters. The van der Waals surface area contributed by atoms with E-state index in [-0.39, 0.29) is 17.1 Å². The Morgan fingerprint density at radius 2 is 1.65 bits per heavy atom. The second-order valence-corrected chi connectivity index (χ2v) is 3.49. The molecule has 2 N–H and O–H groups in total. The highest BCUT2D eigenvalue weighted by molar-refractivity contribution is 5.65. The Hall–Kier alpha value is -2.04. The van der Waals surface area contributed by atoms with E-state index in [4.69, 9.17) is 5.73 Å². The van der Waals surface area contributed by atoms with Gasteiger partial charge < -0.3 is 5.73 Å². The molecule has 0 spiro atoms. The summed E-state index contributed by atoms with van der Waals surface area (Å²) in [4.78, 5) is 3.90. The normalized spacial score (nSPS) is 11.5. The van der Waals surface area contributed by atoms with E-state index < -0.39 is 11.7 Å². The monoisotopic (exact) mass is 238 g/mol. The highest BCUT2D eigenvalue weighted by atomic mass is 19.4. The van der Waals surface area contributed by atoms with Crippen LogP contribution in [-0.4, -0.2) is 4.98 Å². The van der Waals surface area contributed by atoms with Crippen LogP contribution in [-0.2, 0) is 6.18 Å². The number of aromatic nitrogens is 1. The Morgan fingerprint density at radius 1 is 0.941 bits per heavy atom. The van der Waals surface area contributed by atoms with Crippen LogP contribution in [0.5, 0.6) is 0 Å². The van der Waals surface area contributed by atoms with Crippen molar-refractivity contribution in [2.24, 2.45) is 0 Å². The lowest BCUT2D eigenvalue weighted by molar-refractivity contribution is -0.137. The number of benzene rings is 1. The van der Waals surface area contributed by atoms with Crippen LogP contribution < -0.4 is 5.73 Å². The zero-order chi connectivity index (χ0) is 12.5. The van der Waals surface area contributed by atoms with E-state index in [2.05, 4.69) is 4.98 Å². The van der Waals surface area contributed by atoms with E-state index in [1.54, 1.807) is 6.07 Å². The molecule has 0 aliphatic rings. The maximum Gasteiger partial charge on any atom is 0.417 e. The number of halogens is 3. The molecule has 0 aliphatic carbocycles. The topological polar surface area (TPSA) is 38.9 Å². The molecule has 17 heavy (non-hydrogen) atoms. The third-order valence-electron chi connectivity index (χ3n) is 2.28. The van der Waals surface area contributed by atoms with Gasteiger partial charge in [0.2, 0.25) is 0 Å². The first-order valence-corrected chi connectivity index (χ1v) is 4.87. The fourth-order valence-corrected chi connectivity index (χ4v) is 1.56. The molecular weight excluding hydrogens is 229 g/mol. The number of nitrogens with two attached hydrogens (primary N) is 1. The highest BCUT2D eigenvalue weighted by Gasteiger charge is 2.33. The van der Waals surface area contributed by atoms with Crippen molar-refractivity contribution in [1.82, 2.24) is 4.98 Å². The van der Waals surface area contributed by atoms with Crippen LogP contribution in [0.15, 0.2) is 42.5 Å². The molecule has 1 aromatic heterocycles. The predicted molar refractivity (Wildman–Crippen MR) is 59.1 cm³/mol. The van der Waals surface area contributed by atoms with Crippen LogP contribution in [0.4, 0.5) is 19.0 Å². The van der Waals surface area contributed by atoms with Crippen molar-refractivity contribution in [3.05, 3.63) is 48.0 Å². The molecule has 0 aliphatic heterocycles. The molecule has 2 nitrogen and oxygen atoms in total. The van der Waals surface area contributed by atoms with E-state index in [0.717, 1.165) is 6.07 Å². The molecule has 0 radical (unpaired) electrons. The minimum absolute atomic E-state index is 0.0345. The SMILES string of the molecule is Nc1cccc(-c2ccccc2C(F)(F)F)n1. The van der Waals surface area contributed by atoms with Gasteiger partial charge in [0.1, 0.15) is 5.82 Å². The van der Waals surface area contributed by atoms with Crippen molar-refractivity contribution in [2.75, 3.05) is 5.73 Å². The summed E-state index contributed by atoms with van der Waals surface area (Å²) in [5.41, 5.74) is 5.01. The quantitative estimate of drug-likeness (QED) is 0.827. The Bertz CT molecular complexity index is 535. The number of rotatable bonds is 1. The van der Waals surface area contributed by atoms with Gasteiger partial charge in [-0.3, -0.25) is 0 Å². The molecule has 1 heterocycles. The predicted octanol–water partition coefficient (Wildman–Crippen LogP) is 3.35. The molecule has 5 heteroatoms. The van der Waals surface area contributed by atoms with Gasteiger partial charge in [0, 0.05) is 5.56 Å². The first-order chi connectivity index (χ1) is 7.98. The Balaban J connectivity index is 2.60. The number of pyridine rings is 1. The van der Waals surface area contributed by atoms with Gasteiger partial charge in [-0.25, -0.2) is 4.98 Å². The second kappa shape index (κ2) is 4.08. The average Bonchev–Trinajstić information content (AvgIpc) is 2.28. The van der Waals surface area contributed by atoms with E-state index in [0.29, 0.717) is 0 Å². The summed E-state index contributed by atoms with van der Waals surface area (Å²) in [6.45, 7) is 0. The summed E-state index contributed by atoms with van der Waals surface area (Å²) in [7, 11) is 0. The van der Waals surface area contributed by atoms with Gasteiger partial charge in [-0.1, -0.05) is 24.3 Å². The van der Waals surface area contributed by atoms with Crippen molar-refractivity contribution in [2.45, 2.75) is 6.18 Å². The summed E-state index contributed by atoms with van der Waals surface area (Å²) in [6, 6.07) is 9.89. The summed E-state index contributed by atoms with van der Waals surface area (Å²) in [5, 5.41) is 0. The maximum atomic E-state index is 12.8. The fraction of sp³-hybridized carbons (Fsp3) is 0.0833. The lowest BCUT2D eigenvalue weighted by Crippen LogP contribution is -2.07. The molecule has 0 amide bonds. The van der Waals surface area contributed by atoms with Gasteiger partial charge in [0.25, 0.3) is 0 Å². The van der Waals surface area contributed by atoms with Gasteiger partial charge in [0.05, 0.1) is 11.3 Å². The maximum absolute atomic E-state index is 12.8. The molecule has 0 bridgehead atoms. The van der Waals surface area contributed by atoms with Gasteiger partial charge in [0.15, 0.2) is 0 Å². The lowest BCUT2D eigenvalue weighted by atomic mass is 10.0. The van der Waals surface area contributed by atoms with Gasteiger partial charge in [-0.15, -0.1) is 0 Å². The van der Waals surface area contributed by atoms with Crippen molar-refractivity contribution in [3.8, 4) is 11.3 Å². The van der Waals surface area contributed by atoms with Crippen molar-refractivity contribution in [1.29, 1.82) is 0 Å². The van der Waals surface area contributed by atoms with Gasteiger partial charge in [-0.05, 0) is 18.2 Å².